The van der Waals surface area contributed by atoms with Gasteiger partial charge in [0, 0.05) is 24.1 Å². The maximum absolute atomic E-state index is 12.3. The van der Waals surface area contributed by atoms with Gasteiger partial charge in [-0.1, -0.05) is 60.1 Å². The molecule has 1 aliphatic carbocycles. The standard InChI is InChI=1S/C25H22ClNO6/c26-20-10-23-22(32-13-33-23)9-18(20)24(29)21(28)11-27-25(30)31-12-19-16-7-3-1-5-14(16)15-6-2-4-8-17(15)19/h1-10,19,21,24,28-29H,11-13H2,(H,27,30). The van der Waals surface area contributed by atoms with E-state index >= 15 is 0 Å². The van der Waals surface area contributed by atoms with Crippen molar-refractivity contribution in [3.8, 4) is 22.6 Å². The lowest BCUT2D eigenvalue weighted by Gasteiger charge is -2.20. The highest BCUT2D eigenvalue weighted by atomic mass is 35.5. The molecule has 1 amide bonds. The van der Waals surface area contributed by atoms with Crippen LogP contribution in [-0.2, 0) is 4.74 Å². The van der Waals surface area contributed by atoms with Gasteiger partial charge < -0.3 is 29.7 Å². The number of hydrogen-bond acceptors (Lipinski definition) is 6. The number of fused-ring (bicyclic) bond motifs is 4. The first-order valence-electron chi connectivity index (χ1n) is 10.6. The van der Waals surface area contributed by atoms with Crippen LogP contribution in [-0.4, -0.2) is 42.4 Å². The molecule has 0 saturated heterocycles. The Kier molecular flexibility index (Phi) is 5.85. The van der Waals surface area contributed by atoms with Gasteiger partial charge in [-0.25, -0.2) is 4.79 Å². The molecule has 0 bridgehead atoms. The SMILES string of the molecule is O=C(NCC(O)C(O)c1cc2c(cc1Cl)OCO2)OCC1c2ccccc2-c2ccccc21. The molecular weight excluding hydrogens is 446 g/mol. The summed E-state index contributed by atoms with van der Waals surface area (Å²) in [5, 5.41) is 23.6. The van der Waals surface area contributed by atoms with Gasteiger partial charge in [0.25, 0.3) is 0 Å². The Bertz CT molecular complexity index is 1150. The lowest BCUT2D eigenvalue weighted by Crippen LogP contribution is -2.36. The van der Waals surface area contributed by atoms with Crippen LogP contribution in [0.2, 0.25) is 5.02 Å². The number of nitrogens with one attached hydrogen (secondary N) is 1. The average molecular weight is 468 g/mol. The van der Waals surface area contributed by atoms with E-state index in [1.165, 1.54) is 12.1 Å². The van der Waals surface area contributed by atoms with Gasteiger partial charge in [0.15, 0.2) is 11.5 Å². The summed E-state index contributed by atoms with van der Waals surface area (Å²) in [5.74, 6) is 0.846. The summed E-state index contributed by atoms with van der Waals surface area (Å²) in [5.41, 5.74) is 4.78. The van der Waals surface area contributed by atoms with Crippen LogP contribution in [0.1, 0.15) is 28.7 Å². The van der Waals surface area contributed by atoms with Gasteiger partial charge >= 0.3 is 6.09 Å². The Morgan fingerprint density at radius 3 is 2.30 bits per heavy atom. The van der Waals surface area contributed by atoms with E-state index in [4.69, 9.17) is 25.8 Å². The Labute approximate surface area is 195 Å². The number of carbonyl (C=O) groups is 1. The molecule has 3 aromatic rings. The van der Waals surface area contributed by atoms with E-state index in [1.54, 1.807) is 0 Å². The van der Waals surface area contributed by atoms with Crippen molar-refractivity contribution in [3.63, 3.8) is 0 Å². The second kappa shape index (κ2) is 8.94. The van der Waals surface area contributed by atoms with E-state index in [0.717, 1.165) is 22.3 Å². The van der Waals surface area contributed by atoms with Crippen LogP contribution in [0.15, 0.2) is 60.7 Å². The number of benzene rings is 3. The molecule has 170 valence electrons. The number of carbonyl (C=O) groups excluding carboxylic acids is 1. The molecule has 8 heteroatoms. The van der Waals surface area contributed by atoms with Crippen LogP contribution in [0.5, 0.6) is 11.5 Å². The molecular formula is C25H22ClNO6. The molecule has 3 aromatic carbocycles. The van der Waals surface area contributed by atoms with Crippen LogP contribution in [0.3, 0.4) is 0 Å². The van der Waals surface area contributed by atoms with Crippen LogP contribution in [0.4, 0.5) is 4.79 Å². The van der Waals surface area contributed by atoms with Gasteiger partial charge in [-0.3, -0.25) is 0 Å². The Morgan fingerprint density at radius 2 is 1.64 bits per heavy atom. The van der Waals surface area contributed by atoms with Gasteiger partial charge in [0.1, 0.15) is 18.8 Å². The molecule has 1 aliphatic heterocycles. The molecule has 0 radical (unpaired) electrons. The number of hydrogen-bond donors (Lipinski definition) is 3. The zero-order valence-corrected chi connectivity index (χ0v) is 18.3. The molecule has 3 N–H and O–H groups in total. The molecule has 7 nitrogen and oxygen atoms in total. The maximum atomic E-state index is 12.3. The van der Waals surface area contributed by atoms with Gasteiger partial charge in [-0.2, -0.15) is 0 Å². The summed E-state index contributed by atoms with van der Waals surface area (Å²) < 4.78 is 16.0. The normalized spacial score (nSPS) is 15.5. The van der Waals surface area contributed by atoms with E-state index in [2.05, 4.69) is 17.4 Å². The number of halogens is 1. The van der Waals surface area contributed by atoms with E-state index in [9.17, 15) is 15.0 Å². The lowest BCUT2D eigenvalue weighted by atomic mass is 9.98. The van der Waals surface area contributed by atoms with Gasteiger partial charge in [-0.15, -0.1) is 0 Å². The van der Waals surface area contributed by atoms with E-state index in [0.29, 0.717) is 11.5 Å². The van der Waals surface area contributed by atoms with Gasteiger partial charge in [0.05, 0.1) is 5.02 Å². The minimum atomic E-state index is -1.33. The van der Waals surface area contributed by atoms with E-state index in [-0.39, 0.29) is 36.4 Å². The fourth-order valence-electron chi connectivity index (χ4n) is 4.32. The minimum Gasteiger partial charge on any atom is -0.454 e. The molecule has 2 atom stereocenters. The first kappa shape index (κ1) is 21.6. The summed E-state index contributed by atoms with van der Waals surface area (Å²) in [4.78, 5) is 12.3. The van der Waals surface area contributed by atoms with E-state index in [1.807, 2.05) is 36.4 Å². The fraction of sp³-hybridized carbons (Fsp3) is 0.240. The Hall–Kier alpha value is -3.26. The third-order valence-corrected chi connectivity index (χ3v) is 6.30. The summed E-state index contributed by atoms with van der Waals surface area (Å²) in [6.07, 6.45) is -3.32. The van der Waals surface area contributed by atoms with Crippen molar-refractivity contribution in [2.75, 3.05) is 19.9 Å². The first-order chi connectivity index (χ1) is 16.0. The van der Waals surface area contributed by atoms with Crippen LogP contribution < -0.4 is 14.8 Å². The summed E-state index contributed by atoms with van der Waals surface area (Å²) >= 11 is 6.20. The highest BCUT2D eigenvalue weighted by molar-refractivity contribution is 6.31. The van der Waals surface area contributed by atoms with Crippen LogP contribution >= 0.6 is 11.6 Å². The quantitative estimate of drug-likeness (QED) is 0.507. The molecule has 0 spiro atoms. The third-order valence-electron chi connectivity index (χ3n) is 5.97. The van der Waals surface area contributed by atoms with Crippen molar-refractivity contribution >= 4 is 17.7 Å². The van der Waals surface area contributed by atoms with E-state index < -0.39 is 18.3 Å². The molecule has 1 heterocycles. The summed E-state index contributed by atoms with van der Waals surface area (Å²) in [7, 11) is 0. The number of amides is 1. The Morgan fingerprint density at radius 1 is 1.03 bits per heavy atom. The number of alkyl carbamates (subject to hydrolysis) is 1. The van der Waals surface area contributed by atoms with Crippen molar-refractivity contribution < 1.29 is 29.2 Å². The molecule has 0 fully saturated rings. The Balaban J connectivity index is 1.19. The predicted octanol–water partition coefficient (Wildman–Crippen LogP) is 4.00. The zero-order valence-electron chi connectivity index (χ0n) is 17.5. The van der Waals surface area contributed by atoms with Crippen molar-refractivity contribution in [2.45, 2.75) is 18.1 Å². The lowest BCUT2D eigenvalue weighted by molar-refractivity contribution is 0.0185. The average Bonchev–Trinajstić information content (AvgIpc) is 3.42. The number of aliphatic hydroxyl groups excluding tert-OH is 2. The number of aliphatic hydroxyl groups is 2. The summed E-state index contributed by atoms with van der Waals surface area (Å²) in [6.45, 7) is 0.00616. The van der Waals surface area contributed by atoms with Crippen molar-refractivity contribution in [1.29, 1.82) is 0 Å². The minimum absolute atomic E-state index is 0.0638. The van der Waals surface area contributed by atoms with Gasteiger partial charge in [-0.05, 0) is 28.3 Å². The van der Waals surface area contributed by atoms with Crippen molar-refractivity contribution in [1.82, 2.24) is 5.32 Å². The topological polar surface area (TPSA) is 97.3 Å². The zero-order chi connectivity index (χ0) is 22.9. The fourth-order valence-corrected chi connectivity index (χ4v) is 4.58. The first-order valence-corrected chi connectivity index (χ1v) is 10.9. The van der Waals surface area contributed by atoms with Crippen LogP contribution in [0.25, 0.3) is 11.1 Å². The second-order valence-corrected chi connectivity index (χ2v) is 8.35. The smallest absolute Gasteiger partial charge is 0.407 e. The molecule has 2 aliphatic rings. The molecule has 5 rings (SSSR count). The van der Waals surface area contributed by atoms with Crippen molar-refractivity contribution in [2.24, 2.45) is 0 Å². The number of ether oxygens (including phenoxy) is 3. The molecule has 0 aromatic heterocycles. The second-order valence-electron chi connectivity index (χ2n) is 7.95. The highest BCUT2D eigenvalue weighted by Gasteiger charge is 2.29. The third kappa shape index (κ3) is 4.11. The highest BCUT2D eigenvalue weighted by Crippen LogP contribution is 2.44. The summed E-state index contributed by atoms with van der Waals surface area (Å²) in [6, 6.07) is 19.2. The van der Waals surface area contributed by atoms with Crippen LogP contribution in [0, 0.1) is 0 Å². The maximum Gasteiger partial charge on any atom is 0.407 e. The largest absolute Gasteiger partial charge is 0.454 e. The van der Waals surface area contributed by atoms with Crippen molar-refractivity contribution in [3.05, 3.63) is 82.4 Å². The van der Waals surface area contributed by atoms with Gasteiger partial charge in [0.2, 0.25) is 6.79 Å². The molecule has 0 saturated carbocycles. The monoisotopic (exact) mass is 467 g/mol. The molecule has 33 heavy (non-hydrogen) atoms. The predicted molar refractivity (Wildman–Crippen MR) is 122 cm³/mol. The number of rotatable bonds is 6. The molecule has 2 unspecified atom stereocenters.